The highest BCUT2D eigenvalue weighted by Gasteiger charge is 2.19. The van der Waals surface area contributed by atoms with E-state index in [-0.39, 0.29) is 31.1 Å². The molecule has 0 bridgehead atoms. The Bertz CT molecular complexity index is 1640. The van der Waals surface area contributed by atoms with Gasteiger partial charge in [0, 0.05) is 19.3 Å². The molecule has 0 saturated carbocycles. The fourth-order valence-corrected chi connectivity index (χ4v) is 8.99. The first kappa shape index (κ1) is 74.8. The molecule has 0 aromatic rings. The number of ether oxygens (including phenoxy) is 3. The number of esters is 3. The lowest BCUT2D eigenvalue weighted by Crippen LogP contribution is -2.30. The Morgan fingerprint density at radius 3 is 0.823 bits per heavy atom. The molecule has 0 fully saturated rings. The van der Waals surface area contributed by atoms with Crippen LogP contribution >= 0.6 is 0 Å². The molecule has 0 aliphatic rings. The average molecular weight is 1100 g/mol. The maximum atomic E-state index is 12.9. The Morgan fingerprint density at radius 1 is 0.266 bits per heavy atom. The van der Waals surface area contributed by atoms with Crippen molar-refractivity contribution in [3.8, 4) is 0 Å². The van der Waals surface area contributed by atoms with Crippen molar-refractivity contribution in [2.45, 2.75) is 309 Å². The fraction of sp³-hybridized carbons (Fsp3) is 0.685. The molecule has 1 atom stereocenters. The Balaban J connectivity index is 4.31. The van der Waals surface area contributed by atoms with Crippen LogP contribution in [0.4, 0.5) is 0 Å². The van der Waals surface area contributed by atoms with Crippen molar-refractivity contribution in [1.29, 1.82) is 0 Å². The van der Waals surface area contributed by atoms with Gasteiger partial charge >= 0.3 is 17.9 Å². The highest BCUT2D eigenvalue weighted by molar-refractivity contribution is 5.71. The predicted octanol–water partition coefficient (Wildman–Crippen LogP) is 22.8. The van der Waals surface area contributed by atoms with Crippen LogP contribution in [-0.4, -0.2) is 37.2 Å². The number of unbranched alkanes of at least 4 members (excludes halogenated alkanes) is 28. The summed E-state index contributed by atoms with van der Waals surface area (Å²) >= 11 is 0. The van der Waals surface area contributed by atoms with Crippen LogP contribution in [0.15, 0.2) is 122 Å². The van der Waals surface area contributed by atoms with Crippen molar-refractivity contribution in [2.24, 2.45) is 0 Å². The molecule has 79 heavy (non-hydrogen) atoms. The van der Waals surface area contributed by atoms with Crippen LogP contribution in [0.5, 0.6) is 0 Å². The maximum absolute atomic E-state index is 12.9. The van der Waals surface area contributed by atoms with Gasteiger partial charge in [0.05, 0.1) is 0 Å². The standard InChI is InChI=1S/C73H122O6/c1-4-7-10-13-16-19-22-25-27-29-31-32-33-34-35-36-37-38-39-40-42-43-45-48-51-54-57-60-63-66-72(75)78-69-70(68-77-71(74)65-62-59-56-53-50-47-24-21-18-15-12-9-6-3)79-73(76)67-64-61-58-55-52-49-46-44-41-30-28-26-23-20-17-14-11-8-5-2/h7,10,12,15-17,19-21,24-28,31-32,34-35,37-38,70H,4-6,8-9,11,13-14,18,22-23,29-30,33,36,39-69H2,1-3H3/b10-7-,15-12-,19-16-,20-17-,24-21-,27-25-,28-26-,32-31-,35-34-,38-37-. The summed E-state index contributed by atoms with van der Waals surface area (Å²) in [5.74, 6) is -0.904. The average Bonchev–Trinajstić information content (AvgIpc) is 3.45. The van der Waals surface area contributed by atoms with Gasteiger partial charge in [-0.2, -0.15) is 0 Å². The third-order valence-electron chi connectivity index (χ3n) is 13.9. The van der Waals surface area contributed by atoms with Gasteiger partial charge < -0.3 is 14.2 Å². The van der Waals surface area contributed by atoms with E-state index in [1.807, 2.05) is 0 Å². The van der Waals surface area contributed by atoms with Crippen molar-refractivity contribution < 1.29 is 28.6 Å². The van der Waals surface area contributed by atoms with Crippen LogP contribution in [0.2, 0.25) is 0 Å². The number of hydrogen-bond acceptors (Lipinski definition) is 6. The Kier molecular flexibility index (Phi) is 62.8. The van der Waals surface area contributed by atoms with Crippen molar-refractivity contribution in [2.75, 3.05) is 13.2 Å². The highest BCUT2D eigenvalue weighted by atomic mass is 16.6. The van der Waals surface area contributed by atoms with Crippen molar-refractivity contribution >= 4 is 17.9 Å². The smallest absolute Gasteiger partial charge is 0.306 e. The van der Waals surface area contributed by atoms with Crippen LogP contribution in [0.3, 0.4) is 0 Å². The number of rotatable bonds is 59. The molecule has 0 N–H and O–H groups in total. The summed E-state index contributed by atoms with van der Waals surface area (Å²) in [4.78, 5) is 38.3. The Morgan fingerprint density at radius 2 is 0.519 bits per heavy atom. The third-order valence-corrected chi connectivity index (χ3v) is 13.9. The first-order valence-electron chi connectivity index (χ1n) is 33.0. The molecule has 0 aliphatic heterocycles. The second-order valence-electron chi connectivity index (χ2n) is 21.6. The summed E-state index contributed by atoms with van der Waals surface area (Å²) in [5.41, 5.74) is 0. The van der Waals surface area contributed by atoms with E-state index in [4.69, 9.17) is 14.2 Å². The molecule has 0 saturated heterocycles. The van der Waals surface area contributed by atoms with Gasteiger partial charge in [-0.15, -0.1) is 0 Å². The SMILES string of the molecule is CC/C=C\C/C=C\C/C=C\C/C=C\C/C=C\C/C=C\CCCCCCCCCCCCC(=O)OCC(COC(=O)CCCCCCC/C=C\C/C=C\CCC)OC(=O)CCCCCCCCCCC/C=C\C/C=C\CCCCC. The molecule has 0 spiro atoms. The highest BCUT2D eigenvalue weighted by Crippen LogP contribution is 2.16. The number of allylic oxidation sites excluding steroid dienone is 20. The molecule has 0 heterocycles. The van der Waals surface area contributed by atoms with E-state index in [0.717, 1.165) is 135 Å². The Hall–Kier alpha value is -4.19. The van der Waals surface area contributed by atoms with E-state index in [2.05, 4.69) is 142 Å². The number of carbonyl (C=O) groups is 3. The normalized spacial score (nSPS) is 12.9. The topological polar surface area (TPSA) is 78.9 Å². The van der Waals surface area contributed by atoms with E-state index in [1.165, 1.54) is 128 Å². The van der Waals surface area contributed by atoms with Crippen molar-refractivity contribution in [3.05, 3.63) is 122 Å². The van der Waals surface area contributed by atoms with Gasteiger partial charge in [-0.1, -0.05) is 277 Å². The van der Waals surface area contributed by atoms with Crippen molar-refractivity contribution in [1.82, 2.24) is 0 Å². The van der Waals surface area contributed by atoms with Gasteiger partial charge in [0.25, 0.3) is 0 Å². The van der Waals surface area contributed by atoms with E-state index < -0.39 is 6.10 Å². The zero-order valence-electron chi connectivity index (χ0n) is 51.6. The zero-order chi connectivity index (χ0) is 57.1. The van der Waals surface area contributed by atoms with Gasteiger partial charge in [-0.05, 0) is 128 Å². The fourth-order valence-electron chi connectivity index (χ4n) is 8.99. The van der Waals surface area contributed by atoms with Crippen LogP contribution in [0.25, 0.3) is 0 Å². The molecule has 0 aliphatic carbocycles. The molecule has 0 aromatic heterocycles. The summed E-state index contributed by atoms with van der Waals surface area (Å²) in [6.07, 6.45) is 92.0. The van der Waals surface area contributed by atoms with Gasteiger partial charge in [0.15, 0.2) is 6.10 Å². The molecule has 6 nitrogen and oxygen atoms in total. The number of carbonyl (C=O) groups excluding carboxylic acids is 3. The van der Waals surface area contributed by atoms with Gasteiger partial charge in [0.1, 0.15) is 13.2 Å². The molecule has 6 heteroatoms. The van der Waals surface area contributed by atoms with Gasteiger partial charge in [0.2, 0.25) is 0 Å². The van der Waals surface area contributed by atoms with Gasteiger partial charge in [-0.3, -0.25) is 14.4 Å². The minimum Gasteiger partial charge on any atom is -0.462 e. The van der Waals surface area contributed by atoms with E-state index in [1.54, 1.807) is 0 Å². The first-order valence-corrected chi connectivity index (χ1v) is 33.0. The van der Waals surface area contributed by atoms with Crippen LogP contribution < -0.4 is 0 Å². The van der Waals surface area contributed by atoms with E-state index >= 15 is 0 Å². The summed E-state index contributed by atoms with van der Waals surface area (Å²) in [6, 6.07) is 0. The van der Waals surface area contributed by atoms with Crippen LogP contribution in [-0.2, 0) is 28.6 Å². The molecule has 1 unspecified atom stereocenters. The minimum atomic E-state index is -0.792. The summed E-state index contributed by atoms with van der Waals surface area (Å²) in [7, 11) is 0. The quantitative estimate of drug-likeness (QED) is 0.0261. The zero-order valence-corrected chi connectivity index (χ0v) is 51.6. The molecular formula is C73H122O6. The molecule has 450 valence electrons. The first-order chi connectivity index (χ1) is 39.0. The minimum absolute atomic E-state index is 0.0878. The number of hydrogen-bond donors (Lipinski definition) is 0. The predicted molar refractivity (Wildman–Crippen MR) is 343 cm³/mol. The van der Waals surface area contributed by atoms with E-state index in [9.17, 15) is 14.4 Å². The van der Waals surface area contributed by atoms with E-state index in [0.29, 0.717) is 19.3 Å². The van der Waals surface area contributed by atoms with Crippen molar-refractivity contribution in [3.63, 3.8) is 0 Å². The Labute approximate surface area is 488 Å². The lowest BCUT2D eigenvalue weighted by Gasteiger charge is -2.18. The second-order valence-corrected chi connectivity index (χ2v) is 21.6. The van der Waals surface area contributed by atoms with Crippen LogP contribution in [0, 0.1) is 0 Å². The monoisotopic (exact) mass is 1090 g/mol. The lowest BCUT2D eigenvalue weighted by molar-refractivity contribution is -0.167. The summed E-state index contributed by atoms with van der Waals surface area (Å²) < 4.78 is 16.9. The third kappa shape index (κ3) is 64.5. The maximum Gasteiger partial charge on any atom is 0.306 e. The summed E-state index contributed by atoms with van der Waals surface area (Å²) in [6.45, 7) is 6.44. The molecular weight excluding hydrogens is 973 g/mol. The molecule has 0 amide bonds. The molecule has 0 radical (unpaired) electrons. The van der Waals surface area contributed by atoms with Gasteiger partial charge in [-0.25, -0.2) is 0 Å². The molecule has 0 rings (SSSR count). The lowest BCUT2D eigenvalue weighted by atomic mass is 10.1. The molecule has 0 aromatic carbocycles. The second kappa shape index (κ2) is 66.3. The largest absolute Gasteiger partial charge is 0.462 e. The van der Waals surface area contributed by atoms with Crippen LogP contribution in [0.1, 0.15) is 303 Å². The summed E-state index contributed by atoms with van der Waals surface area (Å²) in [5, 5.41) is 0.